The van der Waals surface area contributed by atoms with E-state index in [9.17, 15) is 14.7 Å². The van der Waals surface area contributed by atoms with Gasteiger partial charge in [-0.3, -0.25) is 14.5 Å². The molecule has 0 aliphatic carbocycles. The highest BCUT2D eigenvalue weighted by Crippen LogP contribution is 2.46. The molecule has 5 rings (SSSR count). The molecule has 6 heteroatoms. The van der Waals surface area contributed by atoms with Crippen molar-refractivity contribution in [3.05, 3.63) is 100 Å². The third-order valence-corrected chi connectivity index (χ3v) is 6.57. The van der Waals surface area contributed by atoms with Crippen LogP contribution in [0.2, 0.25) is 0 Å². The van der Waals surface area contributed by atoms with Crippen molar-refractivity contribution in [2.75, 3.05) is 12.0 Å². The lowest BCUT2D eigenvalue weighted by molar-refractivity contribution is -0.132. The van der Waals surface area contributed by atoms with E-state index in [2.05, 4.69) is 0 Å². The second-order valence-corrected chi connectivity index (χ2v) is 8.36. The van der Waals surface area contributed by atoms with Gasteiger partial charge in [-0.15, -0.1) is 11.3 Å². The molecule has 1 saturated heterocycles. The molecular formula is C26H19NO4S. The van der Waals surface area contributed by atoms with Gasteiger partial charge in [0.05, 0.1) is 18.4 Å². The van der Waals surface area contributed by atoms with Crippen LogP contribution in [0.5, 0.6) is 5.75 Å². The first-order valence-electron chi connectivity index (χ1n) is 10.1. The molecule has 1 unspecified atom stereocenters. The monoisotopic (exact) mass is 441 g/mol. The van der Waals surface area contributed by atoms with Crippen molar-refractivity contribution in [2.45, 2.75) is 6.04 Å². The molecule has 1 amide bonds. The molecule has 4 aromatic rings. The van der Waals surface area contributed by atoms with E-state index in [0.717, 1.165) is 15.6 Å². The van der Waals surface area contributed by atoms with Crippen molar-refractivity contribution in [3.63, 3.8) is 0 Å². The maximum Gasteiger partial charge on any atom is 0.300 e. The van der Waals surface area contributed by atoms with Crippen LogP contribution < -0.4 is 9.64 Å². The number of ether oxygens (including phenoxy) is 1. The number of carbonyl (C=O) groups excluding carboxylic acids is 2. The molecule has 2 heterocycles. The fraction of sp³-hybridized carbons (Fsp3) is 0.0769. The zero-order valence-corrected chi connectivity index (χ0v) is 18.0. The van der Waals surface area contributed by atoms with Crippen LogP contribution in [-0.4, -0.2) is 23.9 Å². The van der Waals surface area contributed by atoms with Crippen LogP contribution in [0.1, 0.15) is 16.5 Å². The van der Waals surface area contributed by atoms with Gasteiger partial charge in [0.1, 0.15) is 17.6 Å². The maximum absolute atomic E-state index is 13.3. The van der Waals surface area contributed by atoms with E-state index in [4.69, 9.17) is 4.74 Å². The minimum atomic E-state index is -0.759. The first kappa shape index (κ1) is 20.0. The molecule has 1 aliphatic heterocycles. The minimum absolute atomic E-state index is 0.0692. The van der Waals surface area contributed by atoms with Crippen molar-refractivity contribution >= 4 is 45.2 Å². The van der Waals surface area contributed by atoms with Crippen molar-refractivity contribution in [1.82, 2.24) is 0 Å². The van der Waals surface area contributed by atoms with E-state index >= 15 is 0 Å². The number of ketones is 1. The molecule has 1 atom stereocenters. The molecule has 32 heavy (non-hydrogen) atoms. The number of benzene rings is 3. The molecule has 5 nitrogen and oxygen atoms in total. The summed E-state index contributed by atoms with van der Waals surface area (Å²) in [6, 6.07) is 23.2. The van der Waals surface area contributed by atoms with Crippen molar-refractivity contribution in [1.29, 1.82) is 0 Å². The lowest BCUT2D eigenvalue weighted by Gasteiger charge is -2.25. The number of aliphatic hydroxyl groups excluding tert-OH is 1. The summed E-state index contributed by atoms with van der Waals surface area (Å²) in [5, 5.41) is 15.0. The topological polar surface area (TPSA) is 66.8 Å². The third-order valence-electron chi connectivity index (χ3n) is 5.65. The Balaban J connectivity index is 1.78. The number of para-hydroxylation sites is 2. The van der Waals surface area contributed by atoms with E-state index < -0.39 is 17.7 Å². The van der Waals surface area contributed by atoms with Gasteiger partial charge in [-0.2, -0.15) is 0 Å². The van der Waals surface area contributed by atoms with Crippen LogP contribution in [0.3, 0.4) is 0 Å². The summed E-state index contributed by atoms with van der Waals surface area (Å²) < 4.78 is 5.46. The first-order chi connectivity index (χ1) is 15.6. The predicted octanol–water partition coefficient (Wildman–Crippen LogP) is 5.54. The molecule has 0 radical (unpaired) electrons. The standard InChI is InChI=1S/C26H19NO4S/c1-31-20-13-5-4-12-19(20)27-23(21-14-7-15-32-21)22(25(29)26(27)30)24(28)18-11-6-9-16-8-2-3-10-17(16)18/h2-15,23,28H,1H3/b24-22-. The number of nitrogens with zero attached hydrogens (tertiary/aromatic N) is 1. The Bertz CT molecular complexity index is 1370. The number of hydrogen-bond donors (Lipinski definition) is 1. The van der Waals surface area contributed by atoms with Gasteiger partial charge in [0.15, 0.2) is 0 Å². The Kier molecular flexibility index (Phi) is 4.99. The molecule has 1 N–H and O–H groups in total. The number of amides is 1. The number of hydrogen-bond acceptors (Lipinski definition) is 5. The summed E-state index contributed by atoms with van der Waals surface area (Å²) in [4.78, 5) is 28.8. The number of Topliss-reactive ketones (excluding diaryl/α,β-unsaturated/α-hetero) is 1. The second-order valence-electron chi connectivity index (χ2n) is 7.38. The fourth-order valence-electron chi connectivity index (χ4n) is 4.20. The summed E-state index contributed by atoms with van der Waals surface area (Å²) in [7, 11) is 1.52. The van der Waals surface area contributed by atoms with Crippen LogP contribution >= 0.6 is 11.3 Å². The number of aliphatic hydroxyl groups is 1. The smallest absolute Gasteiger partial charge is 0.300 e. The van der Waals surface area contributed by atoms with Gasteiger partial charge in [0.25, 0.3) is 11.7 Å². The molecule has 158 valence electrons. The van der Waals surface area contributed by atoms with Gasteiger partial charge in [0, 0.05) is 10.4 Å². The van der Waals surface area contributed by atoms with Crippen molar-refractivity contribution < 1.29 is 19.4 Å². The van der Waals surface area contributed by atoms with E-state index in [1.54, 1.807) is 30.3 Å². The SMILES string of the molecule is COc1ccccc1N1C(=O)C(=O)/C(=C(\O)c2cccc3ccccc23)C1c1cccs1. The zero-order chi connectivity index (χ0) is 22.2. The van der Waals surface area contributed by atoms with Crippen LogP contribution in [0.25, 0.3) is 16.5 Å². The van der Waals surface area contributed by atoms with Gasteiger partial charge >= 0.3 is 0 Å². The number of fused-ring (bicyclic) bond motifs is 1. The largest absolute Gasteiger partial charge is 0.507 e. The average molecular weight is 442 g/mol. The van der Waals surface area contributed by atoms with Crippen LogP contribution in [0, 0.1) is 0 Å². The zero-order valence-electron chi connectivity index (χ0n) is 17.2. The Labute approximate surface area is 188 Å². The van der Waals surface area contributed by atoms with Crippen LogP contribution in [-0.2, 0) is 9.59 Å². The van der Waals surface area contributed by atoms with Gasteiger partial charge in [-0.05, 0) is 34.4 Å². The predicted molar refractivity (Wildman–Crippen MR) is 126 cm³/mol. The van der Waals surface area contributed by atoms with Gasteiger partial charge < -0.3 is 9.84 Å². The molecule has 0 saturated carbocycles. The quantitative estimate of drug-likeness (QED) is 0.257. The molecule has 1 aliphatic rings. The maximum atomic E-state index is 13.3. The molecule has 1 fully saturated rings. The summed E-state index contributed by atoms with van der Waals surface area (Å²) in [6.45, 7) is 0. The van der Waals surface area contributed by atoms with Crippen molar-refractivity contribution in [2.24, 2.45) is 0 Å². The highest BCUT2D eigenvalue weighted by molar-refractivity contribution is 7.10. The van der Waals surface area contributed by atoms with Gasteiger partial charge in [0.2, 0.25) is 0 Å². The molecule has 1 aromatic heterocycles. The second kappa shape index (κ2) is 7.98. The van der Waals surface area contributed by atoms with Crippen molar-refractivity contribution in [3.8, 4) is 5.75 Å². The lowest BCUT2D eigenvalue weighted by Crippen LogP contribution is -2.29. The Morgan fingerprint density at radius 1 is 0.938 bits per heavy atom. The first-order valence-corrected chi connectivity index (χ1v) is 11.0. The number of rotatable bonds is 4. The molecule has 3 aromatic carbocycles. The van der Waals surface area contributed by atoms with E-state index in [1.807, 2.05) is 53.9 Å². The van der Waals surface area contributed by atoms with E-state index in [0.29, 0.717) is 17.0 Å². The Hall–Kier alpha value is -3.90. The fourth-order valence-corrected chi connectivity index (χ4v) is 5.03. The summed E-state index contributed by atoms with van der Waals surface area (Å²) in [6.07, 6.45) is 0. The molecular weight excluding hydrogens is 422 g/mol. The normalized spacial score (nSPS) is 17.8. The molecule has 0 spiro atoms. The number of thiophene rings is 1. The number of anilines is 1. The third kappa shape index (κ3) is 3.08. The number of methoxy groups -OCH3 is 1. The summed E-state index contributed by atoms with van der Waals surface area (Å²) >= 11 is 1.42. The van der Waals surface area contributed by atoms with Gasteiger partial charge in [-0.25, -0.2) is 0 Å². The highest BCUT2D eigenvalue weighted by atomic mass is 32.1. The Morgan fingerprint density at radius 3 is 2.47 bits per heavy atom. The Morgan fingerprint density at radius 2 is 1.69 bits per heavy atom. The summed E-state index contributed by atoms with van der Waals surface area (Å²) in [5.41, 5.74) is 1.06. The lowest BCUT2D eigenvalue weighted by atomic mass is 9.96. The summed E-state index contributed by atoms with van der Waals surface area (Å²) in [5.74, 6) is -1.13. The van der Waals surface area contributed by atoms with Crippen LogP contribution in [0.4, 0.5) is 5.69 Å². The average Bonchev–Trinajstić information content (AvgIpc) is 3.45. The number of carbonyl (C=O) groups is 2. The van der Waals surface area contributed by atoms with Crippen LogP contribution in [0.15, 0.2) is 89.8 Å². The highest BCUT2D eigenvalue weighted by Gasteiger charge is 2.48. The minimum Gasteiger partial charge on any atom is -0.507 e. The van der Waals surface area contributed by atoms with E-state index in [-0.39, 0.29) is 11.3 Å². The van der Waals surface area contributed by atoms with Gasteiger partial charge in [-0.1, -0.05) is 60.7 Å². The van der Waals surface area contributed by atoms with E-state index in [1.165, 1.54) is 23.3 Å². The molecule has 0 bridgehead atoms.